The topological polar surface area (TPSA) is 0 Å². The average molecular weight is 242 g/mol. The van der Waals surface area contributed by atoms with E-state index in [2.05, 4.69) is 41.5 Å². The number of hydrogen-bond acceptors (Lipinski definition) is 0. The van der Waals surface area contributed by atoms with Crippen molar-refractivity contribution in [3.05, 3.63) is 0 Å². The van der Waals surface area contributed by atoms with Crippen LogP contribution in [0.25, 0.3) is 0 Å². The minimum Gasteiger partial charge on any atom is -0.0654 e. The summed E-state index contributed by atoms with van der Waals surface area (Å²) in [6, 6.07) is 0. The minimum atomic E-state index is -0.166. The molecule has 1 heteroatoms. The molecule has 0 nitrogen and oxygen atoms in total. The van der Waals surface area contributed by atoms with Crippen molar-refractivity contribution in [1.82, 2.24) is 0 Å². The van der Waals surface area contributed by atoms with Gasteiger partial charge in [0.05, 0.1) is 8.80 Å². The van der Waals surface area contributed by atoms with Crippen LogP contribution >= 0.6 is 0 Å². The first kappa shape index (κ1) is 16.2. The largest absolute Gasteiger partial charge is 0.0654 e. The van der Waals surface area contributed by atoms with Gasteiger partial charge in [0.1, 0.15) is 0 Å². The van der Waals surface area contributed by atoms with Gasteiger partial charge in [0.2, 0.25) is 0 Å². The highest BCUT2D eigenvalue weighted by Gasteiger charge is 2.29. The van der Waals surface area contributed by atoms with Gasteiger partial charge in [-0.05, 0) is 16.6 Å². The molecule has 0 saturated carbocycles. The van der Waals surface area contributed by atoms with E-state index in [1.807, 2.05) is 0 Å². The summed E-state index contributed by atoms with van der Waals surface area (Å²) in [5.74, 6) is 0. The van der Waals surface area contributed by atoms with Gasteiger partial charge < -0.3 is 0 Å². The highest BCUT2D eigenvalue weighted by molar-refractivity contribution is 6.63. The van der Waals surface area contributed by atoms with Crippen LogP contribution in [0.5, 0.6) is 0 Å². The lowest BCUT2D eigenvalue weighted by Crippen LogP contribution is -2.29. The summed E-state index contributed by atoms with van der Waals surface area (Å²) in [5.41, 5.74) is 3.04. The van der Waals surface area contributed by atoms with E-state index in [9.17, 15) is 0 Å². The second kappa shape index (κ2) is 9.27. The summed E-state index contributed by atoms with van der Waals surface area (Å²) in [7, 11) is -0.166. The van der Waals surface area contributed by atoms with Crippen molar-refractivity contribution in [3.8, 4) is 0 Å². The zero-order valence-electron chi connectivity index (χ0n) is 12.5. The Morgan fingerprint density at radius 2 is 0.875 bits per heavy atom. The third-order valence-corrected chi connectivity index (χ3v) is 8.15. The molecule has 1 radical (unpaired) electrons. The molecule has 0 N–H and O–H groups in total. The molecule has 0 aromatic carbocycles. The molecule has 0 rings (SSSR count). The van der Waals surface area contributed by atoms with Crippen molar-refractivity contribution >= 4 is 8.80 Å². The van der Waals surface area contributed by atoms with E-state index in [0.29, 0.717) is 0 Å². The van der Waals surface area contributed by atoms with Gasteiger partial charge in [-0.15, -0.1) is 0 Å². The average Bonchev–Trinajstić information content (AvgIpc) is 2.19. The minimum absolute atomic E-state index is 0.166. The molecule has 3 atom stereocenters. The normalized spacial score (nSPS) is 17.4. The van der Waals surface area contributed by atoms with Crippen molar-refractivity contribution < 1.29 is 0 Å². The van der Waals surface area contributed by atoms with Crippen molar-refractivity contribution in [3.63, 3.8) is 0 Å². The second-order valence-corrected chi connectivity index (χ2v) is 9.53. The highest BCUT2D eigenvalue weighted by Crippen LogP contribution is 2.37. The van der Waals surface area contributed by atoms with Crippen LogP contribution in [0.4, 0.5) is 0 Å². The summed E-state index contributed by atoms with van der Waals surface area (Å²) in [4.78, 5) is 0. The van der Waals surface area contributed by atoms with E-state index in [0.717, 1.165) is 16.6 Å². The van der Waals surface area contributed by atoms with Crippen LogP contribution in [0.1, 0.15) is 80.1 Å². The molecule has 0 aromatic rings. The van der Waals surface area contributed by atoms with Gasteiger partial charge in [0.25, 0.3) is 0 Å². The molecule has 0 amide bonds. The zero-order valence-corrected chi connectivity index (χ0v) is 13.5. The number of rotatable bonds is 9. The van der Waals surface area contributed by atoms with Crippen LogP contribution in [0.2, 0.25) is 16.6 Å². The van der Waals surface area contributed by atoms with Crippen molar-refractivity contribution in [1.29, 1.82) is 0 Å². The smallest absolute Gasteiger partial charge is 0.0570 e. The predicted octanol–water partition coefficient (Wildman–Crippen LogP) is 6.05. The van der Waals surface area contributed by atoms with Gasteiger partial charge in [-0.1, -0.05) is 80.1 Å². The van der Waals surface area contributed by atoms with E-state index >= 15 is 0 Å². The van der Waals surface area contributed by atoms with Crippen LogP contribution in [0.3, 0.4) is 0 Å². The van der Waals surface area contributed by atoms with Gasteiger partial charge >= 0.3 is 0 Å². The maximum atomic E-state index is 2.52. The third kappa shape index (κ3) is 5.52. The van der Waals surface area contributed by atoms with E-state index in [1.54, 1.807) is 0 Å². The Kier molecular flexibility index (Phi) is 9.39. The molecular weight excluding hydrogens is 208 g/mol. The van der Waals surface area contributed by atoms with Crippen LogP contribution in [-0.4, -0.2) is 8.80 Å². The molecule has 0 aliphatic carbocycles. The Morgan fingerprint density at radius 3 is 1.06 bits per heavy atom. The van der Waals surface area contributed by atoms with E-state index in [1.165, 1.54) is 38.5 Å². The number of hydrogen-bond donors (Lipinski definition) is 0. The Labute approximate surface area is 106 Å². The van der Waals surface area contributed by atoms with Crippen LogP contribution < -0.4 is 0 Å². The lowest BCUT2D eigenvalue weighted by atomic mass is 10.2. The molecule has 0 spiro atoms. The van der Waals surface area contributed by atoms with Crippen molar-refractivity contribution in [2.24, 2.45) is 0 Å². The second-order valence-electron chi connectivity index (χ2n) is 5.57. The van der Waals surface area contributed by atoms with Gasteiger partial charge in [-0.25, -0.2) is 0 Å². The standard InChI is InChI=1S/C15H33Si/c1-7-10-13(4)16(14(5)11-8-2)15(6)12-9-3/h13-15H,7-12H2,1-6H3. The molecule has 0 bridgehead atoms. The lowest BCUT2D eigenvalue weighted by Gasteiger charge is -2.33. The first-order valence-corrected chi connectivity index (χ1v) is 9.18. The Hall–Kier alpha value is 0.217. The molecule has 0 aromatic heterocycles. The third-order valence-electron chi connectivity index (χ3n) is 3.87. The molecule has 0 fully saturated rings. The van der Waals surface area contributed by atoms with Crippen molar-refractivity contribution in [2.45, 2.75) is 96.7 Å². The van der Waals surface area contributed by atoms with Crippen molar-refractivity contribution in [2.75, 3.05) is 0 Å². The van der Waals surface area contributed by atoms with E-state index in [-0.39, 0.29) is 8.80 Å². The summed E-state index contributed by atoms with van der Waals surface area (Å²) < 4.78 is 0. The molecule has 0 saturated heterocycles. The molecule has 0 aliphatic heterocycles. The molecule has 0 heterocycles. The molecular formula is C15H33Si. The van der Waals surface area contributed by atoms with Crippen LogP contribution in [0, 0.1) is 0 Å². The lowest BCUT2D eigenvalue weighted by molar-refractivity contribution is 0.651. The zero-order chi connectivity index (χ0) is 12.6. The first-order valence-electron chi connectivity index (χ1n) is 7.44. The summed E-state index contributed by atoms with van der Waals surface area (Å²) in [6.45, 7) is 14.6. The monoisotopic (exact) mass is 241 g/mol. The molecule has 97 valence electrons. The fourth-order valence-corrected chi connectivity index (χ4v) is 8.04. The Balaban J connectivity index is 4.47. The van der Waals surface area contributed by atoms with Gasteiger partial charge in [-0.2, -0.15) is 0 Å². The maximum Gasteiger partial charge on any atom is 0.0570 e. The van der Waals surface area contributed by atoms with Crippen LogP contribution in [-0.2, 0) is 0 Å². The fourth-order valence-electron chi connectivity index (χ4n) is 3.26. The molecule has 0 aliphatic rings. The van der Waals surface area contributed by atoms with Gasteiger partial charge in [0, 0.05) is 0 Å². The molecule has 16 heavy (non-hydrogen) atoms. The van der Waals surface area contributed by atoms with E-state index < -0.39 is 0 Å². The molecule has 3 unspecified atom stereocenters. The van der Waals surface area contributed by atoms with Gasteiger partial charge in [0.15, 0.2) is 0 Å². The SMILES string of the molecule is CCCC(C)[Si](C(C)CCC)C(C)CCC. The first-order chi connectivity index (χ1) is 7.58. The van der Waals surface area contributed by atoms with Gasteiger partial charge in [-0.3, -0.25) is 0 Å². The Bertz CT molecular complexity index is 127. The predicted molar refractivity (Wildman–Crippen MR) is 78.8 cm³/mol. The summed E-state index contributed by atoms with van der Waals surface area (Å²) >= 11 is 0. The highest BCUT2D eigenvalue weighted by atomic mass is 28.3. The summed E-state index contributed by atoms with van der Waals surface area (Å²) in [6.07, 6.45) is 8.47. The van der Waals surface area contributed by atoms with Crippen LogP contribution in [0.15, 0.2) is 0 Å². The quantitative estimate of drug-likeness (QED) is 0.431. The summed E-state index contributed by atoms with van der Waals surface area (Å²) in [5, 5.41) is 0. The maximum absolute atomic E-state index is 2.52. The Morgan fingerprint density at radius 1 is 0.625 bits per heavy atom. The fraction of sp³-hybridized carbons (Fsp3) is 1.00. The van der Waals surface area contributed by atoms with E-state index in [4.69, 9.17) is 0 Å².